The highest BCUT2D eigenvalue weighted by atomic mass is 32.2. The van der Waals surface area contributed by atoms with Gasteiger partial charge in [-0.05, 0) is 27.2 Å². The molecule has 0 spiro atoms. The fourth-order valence-corrected chi connectivity index (χ4v) is 2.73. The molecule has 0 aliphatic carbocycles. The topological polar surface area (TPSA) is 52.6 Å². The van der Waals surface area contributed by atoms with Crippen molar-refractivity contribution in [1.29, 1.82) is 0 Å². The number of hydrogen-bond acceptors (Lipinski definition) is 4. The summed E-state index contributed by atoms with van der Waals surface area (Å²) < 4.78 is 34.1. The van der Waals surface area contributed by atoms with Crippen LogP contribution in [0.4, 0.5) is 0 Å². The van der Waals surface area contributed by atoms with Gasteiger partial charge in [0.1, 0.15) is 0 Å². The molecular formula is C11H24O4S. The van der Waals surface area contributed by atoms with Crippen LogP contribution < -0.4 is 0 Å². The second-order valence-electron chi connectivity index (χ2n) is 3.71. The Labute approximate surface area is 99.2 Å². The van der Waals surface area contributed by atoms with Crippen molar-refractivity contribution in [3.05, 3.63) is 0 Å². The SMILES string of the molecule is CCOC(CCS(=O)(=O)C(C)CC)OCC. The largest absolute Gasteiger partial charge is 0.353 e. The normalized spacial score (nSPS) is 14.3. The lowest BCUT2D eigenvalue weighted by Crippen LogP contribution is -2.26. The minimum atomic E-state index is -3.00. The molecule has 4 nitrogen and oxygen atoms in total. The van der Waals surface area contributed by atoms with Crippen molar-refractivity contribution >= 4 is 9.84 Å². The molecule has 0 bridgehead atoms. The summed E-state index contributed by atoms with van der Waals surface area (Å²) in [6.07, 6.45) is 0.666. The summed E-state index contributed by atoms with van der Waals surface area (Å²) in [5, 5.41) is -0.281. The molecule has 5 heteroatoms. The zero-order valence-electron chi connectivity index (χ0n) is 10.7. The molecule has 0 aliphatic heterocycles. The third-order valence-electron chi connectivity index (χ3n) is 2.53. The lowest BCUT2D eigenvalue weighted by molar-refractivity contribution is -0.136. The van der Waals surface area contributed by atoms with Gasteiger partial charge in [0.05, 0.1) is 11.0 Å². The van der Waals surface area contributed by atoms with E-state index in [0.717, 1.165) is 0 Å². The Morgan fingerprint density at radius 1 is 1.06 bits per heavy atom. The zero-order valence-corrected chi connectivity index (χ0v) is 11.5. The van der Waals surface area contributed by atoms with Gasteiger partial charge >= 0.3 is 0 Å². The minimum absolute atomic E-state index is 0.132. The standard InChI is InChI=1S/C11H24O4S/c1-5-10(4)16(12,13)9-8-11(14-6-2)15-7-3/h10-11H,5-9H2,1-4H3. The molecule has 1 unspecified atom stereocenters. The van der Waals surface area contributed by atoms with Gasteiger partial charge in [0.15, 0.2) is 16.1 Å². The summed E-state index contributed by atoms with van der Waals surface area (Å²) in [7, 11) is -3.00. The summed E-state index contributed by atoms with van der Waals surface area (Å²) in [6.45, 7) is 8.43. The van der Waals surface area contributed by atoms with Crippen molar-refractivity contribution in [2.24, 2.45) is 0 Å². The van der Waals surface area contributed by atoms with Crippen molar-refractivity contribution in [3.63, 3.8) is 0 Å². The highest BCUT2D eigenvalue weighted by Crippen LogP contribution is 2.10. The average Bonchev–Trinajstić information content (AvgIpc) is 2.25. The first kappa shape index (κ1) is 15.9. The zero-order chi connectivity index (χ0) is 12.6. The van der Waals surface area contributed by atoms with Crippen LogP contribution >= 0.6 is 0 Å². The van der Waals surface area contributed by atoms with Crippen molar-refractivity contribution in [2.75, 3.05) is 19.0 Å². The van der Waals surface area contributed by atoms with Crippen LogP contribution in [0, 0.1) is 0 Å². The van der Waals surface area contributed by atoms with Crippen molar-refractivity contribution in [1.82, 2.24) is 0 Å². The Morgan fingerprint density at radius 2 is 1.56 bits per heavy atom. The van der Waals surface area contributed by atoms with Crippen LogP contribution in [-0.2, 0) is 19.3 Å². The maximum absolute atomic E-state index is 11.8. The predicted octanol–water partition coefficient (Wildman–Crippen LogP) is 1.99. The Morgan fingerprint density at radius 3 is 1.94 bits per heavy atom. The smallest absolute Gasteiger partial charge is 0.158 e. The third kappa shape index (κ3) is 5.82. The monoisotopic (exact) mass is 252 g/mol. The van der Waals surface area contributed by atoms with Crippen LogP contribution in [0.3, 0.4) is 0 Å². The molecule has 0 radical (unpaired) electrons. The number of hydrogen-bond donors (Lipinski definition) is 0. The Kier molecular flexibility index (Phi) is 7.97. The van der Waals surface area contributed by atoms with Crippen molar-refractivity contribution in [3.8, 4) is 0 Å². The second-order valence-corrected chi connectivity index (χ2v) is 6.25. The molecule has 0 fully saturated rings. The van der Waals surface area contributed by atoms with E-state index in [1.54, 1.807) is 6.92 Å². The fourth-order valence-electron chi connectivity index (χ4n) is 1.30. The summed E-state index contributed by atoms with van der Waals surface area (Å²) >= 11 is 0. The van der Waals surface area contributed by atoms with Gasteiger partial charge in [-0.25, -0.2) is 8.42 Å². The molecule has 0 aromatic rings. The first-order valence-electron chi connectivity index (χ1n) is 5.92. The molecule has 0 amide bonds. The molecule has 0 aliphatic rings. The van der Waals surface area contributed by atoms with E-state index in [9.17, 15) is 8.42 Å². The maximum atomic E-state index is 11.8. The van der Waals surface area contributed by atoms with Gasteiger partial charge in [0.2, 0.25) is 0 Å². The first-order chi connectivity index (χ1) is 7.47. The van der Waals surface area contributed by atoms with Gasteiger partial charge in [-0.3, -0.25) is 0 Å². The summed E-state index contributed by atoms with van der Waals surface area (Å²) in [5.41, 5.74) is 0. The summed E-state index contributed by atoms with van der Waals surface area (Å²) in [6, 6.07) is 0. The van der Waals surface area contributed by atoms with E-state index >= 15 is 0 Å². The number of rotatable bonds is 9. The van der Waals surface area contributed by atoms with E-state index in [1.165, 1.54) is 0 Å². The van der Waals surface area contributed by atoms with Gasteiger partial charge in [0.25, 0.3) is 0 Å². The van der Waals surface area contributed by atoms with Crippen LogP contribution in [-0.4, -0.2) is 38.9 Å². The van der Waals surface area contributed by atoms with Crippen LogP contribution in [0.15, 0.2) is 0 Å². The Bertz CT molecular complexity index is 255. The summed E-state index contributed by atoms with van der Waals surface area (Å²) in [4.78, 5) is 0. The molecule has 1 atom stereocenters. The van der Waals surface area contributed by atoms with E-state index in [0.29, 0.717) is 26.1 Å². The second kappa shape index (κ2) is 8.03. The minimum Gasteiger partial charge on any atom is -0.353 e. The highest BCUT2D eigenvalue weighted by molar-refractivity contribution is 7.91. The molecule has 0 N–H and O–H groups in total. The lowest BCUT2D eigenvalue weighted by atomic mass is 10.4. The molecule has 0 rings (SSSR count). The van der Waals surface area contributed by atoms with Crippen LogP contribution in [0.5, 0.6) is 0 Å². The van der Waals surface area contributed by atoms with Gasteiger partial charge < -0.3 is 9.47 Å². The summed E-state index contributed by atoms with van der Waals surface area (Å²) in [5.74, 6) is 0.132. The maximum Gasteiger partial charge on any atom is 0.158 e. The van der Waals surface area contributed by atoms with E-state index in [2.05, 4.69) is 0 Å². The molecule has 0 saturated heterocycles. The van der Waals surface area contributed by atoms with Crippen molar-refractivity contribution < 1.29 is 17.9 Å². The molecule has 0 heterocycles. The predicted molar refractivity (Wildman–Crippen MR) is 65.2 cm³/mol. The van der Waals surface area contributed by atoms with Crippen LogP contribution in [0.25, 0.3) is 0 Å². The molecule has 16 heavy (non-hydrogen) atoms. The van der Waals surface area contributed by atoms with Gasteiger partial charge in [-0.2, -0.15) is 0 Å². The van der Waals surface area contributed by atoms with E-state index in [4.69, 9.17) is 9.47 Å². The van der Waals surface area contributed by atoms with Gasteiger partial charge in [0, 0.05) is 19.6 Å². The number of sulfone groups is 1. The molecular weight excluding hydrogens is 228 g/mol. The molecule has 98 valence electrons. The molecule has 0 saturated carbocycles. The molecule has 0 aromatic carbocycles. The average molecular weight is 252 g/mol. The van der Waals surface area contributed by atoms with Crippen LogP contribution in [0.2, 0.25) is 0 Å². The quantitative estimate of drug-likeness (QED) is 0.589. The van der Waals surface area contributed by atoms with E-state index in [1.807, 2.05) is 20.8 Å². The fraction of sp³-hybridized carbons (Fsp3) is 1.00. The van der Waals surface area contributed by atoms with E-state index < -0.39 is 16.1 Å². The van der Waals surface area contributed by atoms with E-state index in [-0.39, 0.29) is 11.0 Å². The van der Waals surface area contributed by atoms with Crippen molar-refractivity contribution in [2.45, 2.75) is 52.1 Å². The first-order valence-corrected chi connectivity index (χ1v) is 7.64. The van der Waals surface area contributed by atoms with Gasteiger partial charge in [-0.1, -0.05) is 6.92 Å². The van der Waals surface area contributed by atoms with Crippen LogP contribution in [0.1, 0.15) is 40.5 Å². The Hall–Kier alpha value is -0.130. The third-order valence-corrected chi connectivity index (χ3v) is 4.90. The lowest BCUT2D eigenvalue weighted by Gasteiger charge is -2.18. The Balaban J connectivity index is 4.18. The number of ether oxygens (including phenoxy) is 2. The van der Waals surface area contributed by atoms with Gasteiger partial charge in [-0.15, -0.1) is 0 Å². The highest BCUT2D eigenvalue weighted by Gasteiger charge is 2.21. The molecule has 0 aromatic heterocycles.